The van der Waals surface area contributed by atoms with E-state index in [1.807, 2.05) is 43.9 Å². The fourth-order valence-electron chi connectivity index (χ4n) is 7.17. The molecule has 0 aromatic carbocycles. The lowest BCUT2D eigenvalue weighted by molar-refractivity contribution is -0.124. The first-order valence-corrected chi connectivity index (χ1v) is 18.4. The summed E-state index contributed by atoms with van der Waals surface area (Å²) >= 11 is 0. The van der Waals surface area contributed by atoms with Crippen molar-refractivity contribution in [2.24, 2.45) is 17.8 Å². The first-order valence-electron chi connectivity index (χ1n) is 18.4. The summed E-state index contributed by atoms with van der Waals surface area (Å²) in [5.41, 5.74) is 2.64. The highest BCUT2D eigenvalue weighted by atomic mass is 16.6. The number of hydrogen-bond acceptors (Lipinski definition) is 9. The minimum atomic E-state index is -1.02. The van der Waals surface area contributed by atoms with Crippen molar-refractivity contribution in [2.45, 2.75) is 115 Å². The van der Waals surface area contributed by atoms with Crippen LogP contribution in [-0.4, -0.2) is 64.0 Å². The summed E-state index contributed by atoms with van der Waals surface area (Å²) in [5.74, 6) is 3.22. The van der Waals surface area contributed by atoms with Crippen LogP contribution in [0.5, 0.6) is 5.75 Å². The van der Waals surface area contributed by atoms with Crippen molar-refractivity contribution in [1.82, 2.24) is 20.3 Å². The van der Waals surface area contributed by atoms with Gasteiger partial charge in [-0.1, -0.05) is 13.8 Å². The van der Waals surface area contributed by atoms with Gasteiger partial charge in [-0.3, -0.25) is 14.7 Å². The molecule has 3 aromatic rings. The third-order valence-electron chi connectivity index (χ3n) is 11.1. The Morgan fingerprint density at radius 2 is 1.74 bits per heavy atom. The zero-order valence-corrected chi connectivity index (χ0v) is 30.2. The van der Waals surface area contributed by atoms with E-state index in [1.165, 1.54) is 0 Å². The van der Waals surface area contributed by atoms with Gasteiger partial charge in [-0.25, -0.2) is 14.8 Å². The van der Waals surface area contributed by atoms with E-state index in [2.05, 4.69) is 11.4 Å². The molecular weight excluding hydrogens is 634 g/mol. The Bertz CT molecular complexity index is 1620. The van der Waals surface area contributed by atoms with Gasteiger partial charge in [0.1, 0.15) is 29.6 Å². The van der Waals surface area contributed by atoms with Crippen LogP contribution in [0, 0.1) is 24.7 Å². The minimum Gasteiger partial charge on any atom is -0.495 e. The summed E-state index contributed by atoms with van der Waals surface area (Å²) in [6.45, 7) is 8.21. The summed E-state index contributed by atoms with van der Waals surface area (Å²) in [5, 5.41) is 13.2. The van der Waals surface area contributed by atoms with Crippen molar-refractivity contribution in [3.63, 3.8) is 0 Å². The lowest BCUT2D eigenvalue weighted by atomic mass is 9.79. The molecule has 0 radical (unpaired) electrons. The van der Waals surface area contributed by atoms with Crippen molar-refractivity contribution < 1.29 is 28.6 Å². The number of aromatic nitrogens is 3. The Morgan fingerprint density at radius 1 is 1.02 bits per heavy atom. The number of nitrogens with one attached hydrogen (secondary N) is 1. The fraction of sp³-hybridized carbons (Fsp3) is 0.615. The number of carbonyl (C=O) groups excluding carboxylic acids is 2. The number of rotatable bonds is 12. The van der Waals surface area contributed by atoms with Gasteiger partial charge < -0.3 is 24.3 Å². The minimum absolute atomic E-state index is 0.0108. The molecule has 50 heavy (non-hydrogen) atoms. The van der Waals surface area contributed by atoms with Crippen LogP contribution in [0.3, 0.4) is 0 Å². The van der Waals surface area contributed by atoms with Crippen molar-refractivity contribution in [3.05, 3.63) is 54.0 Å². The number of hydrogen-bond donors (Lipinski definition) is 2. The van der Waals surface area contributed by atoms with Crippen LogP contribution in [0.4, 0.5) is 10.6 Å². The van der Waals surface area contributed by atoms with Gasteiger partial charge in [-0.15, -0.1) is 0 Å². The largest absolute Gasteiger partial charge is 0.495 e. The summed E-state index contributed by atoms with van der Waals surface area (Å²) in [6, 6.07) is 7.98. The topological polar surface area (TPSA) is 140 Å². The molecule has 6 rings (SSSR count). The Balaban J connectivity index is 1.12. The van der Waals surface area contributed by atoms with Crippen molar-refractivity contribution >= 4 is 17.8 Å². The molecular formula is C39H53N5O6. The number of carbonyl (C=O) groups is 2. The average molecular weight is 688 g/mol. The Kier molecular flexibility index (Phi) is 11.1. The van der Waals surface area contributed by atoms with Crippen LogP contribution in [0.1, 0.15) is 114 Å². The van der Waals surface area contributed by atoms with Crippen molar-refractivity contribution in [2.75, 3.05) is 25.1 Å². The second kappa shape index (κ2) is 15.5. The monoisotopic (exact) mass is 687 g/mol. The molecule has 3 fully saturated rings. The van der Waals surface area contributed by atoms with E-state index in [0.29, 0.717) is 55.8 Å². The van der Waals surface area contributed by atoms with Gasteiger partial charge >= 0.3 is 6.09 Å². The van der Waals surface area contributed by atoms with Crippen LogP contribution >= 0.6 is 0 Å². The van der Waals surface area contributed by atoms with Crippen LogP contribution in [0.15, 0.2) is 41.1 Å². The molecule has 11 nitrogen and oxygen atoms in total. The third kappa shape index (κ3) is 8.65. The molecule has 2 amide bonds. The van der Waals surface area contributed by atoms with E-state index in [1.54, 1.807) is 26.5 Å². The third-order valence-corrected chi connectivity index (χ3v) is 11.1. The van der Waals surface area contributed by atoms with Crippen molar-refractivity contribution in [1.29, 1.82) is 0 Å². The molecule has 1 atom stereocenters. The second-order valence-electron chi connectivity index (χ2n) is 15.2. The highest BCUT2D eigenvalue weighted by Crippen LogP contribution is 2.41. The molecule has 2 N–H and O–H groups in total. The Labute approximate surface area is 295 Å². The molecule has 270 valence electrons. The number of oxazole rings is 1. The quantitative estimate of drug-likeness (QED) is 0.200. The average Bonchev–Trinajstić information content (AvgIpc) is 3.85. The number of aryl methyl sites for hydroxylation is 1. The Hall–Kier alpha value is -3.99. The number of aliphatic hydroxyl groups is 1. The predicted octanol–water partition coefficient (Wildman–Crippen LogP) is 7.33. The van der Waals surface area contributed by atoms with Gasteiger partial charge in [0.05, 0.1) is 18.4 Å². The maximum absolute atomic E-state index is 14.4. The van der Waals surface area contributed by atoms with Gasteiger partial charge in [0, 0.05) is 48.3 Å². The number of anilines is 1. The number of nitrogens with zero attached hydrogens (tertiary/aromatic N) is 4. The van der Waals surface area contributed by atoms with E-state index < -0.39 is 11.7 Å². The van der Waals surface area contributed by atoms with E-state index in [9.17, 15) is 14.7 Å². The van der Waals surface area contributed by atoms with Crippen LogP contribution < -0.4 is 15.0 Å². The molecule has 3 aliphatic carbocycles. The zero-order chi connectivity index (χ0) is 35.4. The fourth-order valence-corrected chi connectivity index (χ4v) is 7.17. The molecule has 3 heterocycles. The summed E-state index contributed by atoms with van der Waals surface area (Å²) in [4.78, 5) is 43.1. The standard InChI is InChI=1S/C39H53N5O6/c1-24(2)39(4,47)23-41-38(46)50-31-14-12-29(13-15-31)37(45)44(35-20-30(18-19-40-35)33-22-49-36(43-33)28-10-11-28)21-26-6-8-27(9-7-26)32-16-17-34(48-5)25(3)42-32/h16-20,22,24,26-29,31,47H,6-15,21,23H2,1-5H3,(H,41,46)/t26?,27?,29?,31?,39-/m1/s1. The zero-order valence-electron chi connectivity index (χ0n) is 30.2. The first-order chi connectivity index (χ1) is 24.0. The van der Waals surface area contributed by atoms with E-state index in [0.717, 1.165) is 72.8 Å². The molecule has 0 aliphatic heterocycles. The van der Waals surface area contributed by atoms with Gasteiger partial charge in [0.25, 0.3) is 0 Å². The maximum atomic E-state index is 14.4. The molecule has 0 bridgehead atoms. The molecule has 0 saturated heterocycles. The normalized spacial score (nSPS) is 23.6. The number of methoxy groups -OCH3 is 1. The highest BCUT2D eigenvalue weighted by Gasteiger charge is 2.35. The molecule has 0 spiro atoms. The lowest BCUT2D eigenvalue weighted by Crippen LogP contribution is -2.45. The molecule has 3 aromatic heterocycles. The molecule has 11 heteroatoms. The number of ether oxygens (including phenoxy) is 2. The highest BCUT2D eigenvalue weighted by molar-refractivity contribution is 5.94. The lowest BCUT2D eigenvalue weighted by Gasteiger charge is -2.35. The molecule has 0 unspecified atom stereocenters. The van der Waals surface area contributed by atoms with E-state index >= 15 is 0 Å². The second-order valence-corrected chi connectivity index (χ2v) is 15.2. The van der Waals surface area contributed by atoms with E-state index in [4.69, 9.17) is 28.8 Å². The van der Waals surface area contributed by atoms with Gasteiger partial charge in [-0.2, -0.15) is 0 Å². The van der Waals surface area contributed by atoms with Gasteiger partial charge in [-0.05, 0) is 114 Å². The van der Waals surface area contributed by atoms with Crippen molar-refractivity contribution in [3.8, 4) is 17.0 Å². The van der Waals surface area contributed by atoms with E-state index in [-0.39, 0.29) is 30.4 Å². The molecule has 3 aliphatic rings. The Morgan fingerprint density at radius 3 is 2.40 bits per heavy atom. The first kappa shape index (κ1) is 35.8. The van der Waals surface area contributed by atoms with Crippen LogP contribution in [0.2, 0.25) is 0 Å². The summed E-state index contributed by atoms with van der Waals surface area (Å²) in [7, 11) is 1.67. The SMILES string of the molecule is COc1ccc(C2CCC(CN(C(=O)C3CCC(OC(=O)NC[C@@](C)(O)C(C)C)CC3)c3cc(-c4coc(C5CC5)n4)ccn3)CC2)nc1C. The maximum Gasteiger partial charge on any atom is 0.407 e. The number of amides is 2. The number of pyridine rings is 2. The molecule has 3 saturated carbocycles. The van der Waals surface area contributed by atoms with Crippen LogP contribution in [-0.2, 0) is 9.53 Å². The summed E-state index contributed by atoms with van der Waals surface area (Å²) in [6.07, 6.45) is 11.4. The predicted molar refractivity (Wildman–Crippen MR) is 190 cm³/mol. The summed E-state index contributed by atoms with van der Waals surface area (Å²) < 4.78 is 16.9. The smallest absolute Gasteiger partial charge is 0.407 e. The van der Waals surface area contributed by atoms with Gasteiger partial charge in [0.2, 0.25) is 5.91 Å². The van der Waals surface area contributed by atoms with Crippen LogP contribution in [0.25, 0.3) is 11.3 Å². The van der Waals surface area contributed by atoms with Gasteiger partial charge in [0.15, 0.2) is 5.89 Å². The number of alkyl carbamates (subject to hydrolysis) is 1.